The summed E-state index contributed by atoms with van der Waals surface area (Å²) >= 11 is 3.56. The summed E-state index contributed by atoms with van der Waals surface area (Å²) in [5, 5.41) is 8.71. The summed E-state index contributed by atoms with van der Waals surface area (Å²) in [5.41, 5.74) is 1.71. The average Bonchev–Trinajstić information content (AvgIpc) is 3.04. The van der Waals surface area contributed by atoms with E-state index >= 15 is 0 Å². The van der Waals surface area contributed by atoms with Crippen LogP contribution in [-0.2, 0) is 17.9 Å². The average molecular weight is 464 g/mol. The third-order valence-electron chi connectivity index (χ3n) is 4.50. The highest BCUT2D eigenvalue weighted by atomic mass is 79.9. The van der Waals surface area contributed by atoms with Crippen molar-refractivity contribution in [3.05, 3.63) is 49.6 Å². The monoisotopic (exact) mass is 463 g/mol. The van der Waals surface area contributed by atoms with E-state index in [9.17, 15) is 14.4 Å². The molecule has 2 N–H and O–H groups in total. The number of hydrogen-bond donors (Lipinski definition) is 2. The summed E-state index contributed by atoms with van der Waals surface area (Å²) in [5.74, 6) is -0.624. The van der Waals surface area contributed by atoms with Gasteiger partial charge >= 0.3 is 11.7 Å². The van der Waals surface area contributed by atoms with Crippen LogP contribution in [0.1, 0.15) is 26.7 Å². The molecule has 8 nitrogen and oxygen atoms in total. The van der Waals surface area contributed by atoms with Crippen LogP contribution in [0.4, 0.5) is 0 Å². The van der Waals surface area contributed by atoms with Gasteiger partial charge in [0.2, 0.25) is 0 Å². The molecule has 0 radical (unpaired) electrons. The number of fused-ring (bicyclic) bond motifs is 1. The van der Waals surface area contributed by atoms with Crippen molar-refractivity contribution in [3.63, 3.8) is 0 Å². The summed E-state index contributed by atoms with van der Waals surface area (Å²) in [6.07, 6.45) is 1.43. The van der Waals surface area contributed by atoms with Gasteiger partial charge in [-0.25, -0.2) is 9.59 Å². The Morgan fingerprint density at radius 1 is 1.10 bits per heavy atom. The first kappa shape index (κ1) is 20.9. The summed E-state index contributed by atoms with van der Waals surface area (Å²) in [7, 11) is 0. The molecule has 2 heterocycles. The molecule has 0 aliphatic heterocycles. The Kier molecular flexibility index (Phi) is 6.26. The number of halogens is 1. The van der Waals surface area contributed by atoms with E-state index in [1.165, 1.54) is 4.57 Å². The second kappa shape index (κ2) is 8.69. The Hall–Kier alpha value is -2.81. The molecule has 0 aliphatic rings. The fourth-order valence-electron chi connectivity index (χ4n) is 3.25. The maximum Gasteiger partial charge on any atom is 0.341 e. The fourth-order valence-corrected chi connectivity index (χ4v) is 3.99. The predicted molar refractivity (Wildman–Crippen MR) is 114 cm³/mol. The van der Waals surface area contributed by atoms with Gasteiger partial charge in [-0.3, -0.25) is 13.9 Å². The Labute approximate surface area is 174 Å². The zero-order valence-corrected chi connectivity index (χ0v) is 17.8. The SMILES string of the molecule is CCCn1c(=O)c2[nH]c(-c3ccc(OCC(=O)O)cc3)c(Br)c2n(CCC)c1=O. The van der Waals surface area contributed by atoms with Crippen molar-refractivity contribution in [2.75, 3.05) is 6.61 Å². The molecule has 154 valence electrons. The fraction of sp³-hybridized carbons (Fsp3) is 0.350. The highest BCUT2D eigenvalue weighted by molar-refractivity contribution is 9.10. The van der Waals surface area contributed by atoms with Crippen LogP contribution < -0.4 is 16.0 Å². The number of aromatic nitrogens is 3. The van der Waals surface area contributed by atoms with Crippen LogP contribution in [0.3, 0.4) is 0 Å². The minimum atomic E-state index is -1.05. The second-order valence-corrected chi connectivity index (χ2v) is 7.43. The molecule has 3 aromatic rings. The van der Waals surface area contributed by atoms with Crippen molar-refractivity contribution in [2.45, 2.75) is 39.8 Å². The third-order valence-corrected chi connectivity index (χ3v) is 5.28. The zero-order chi connectivity index (χ0) is 21.1. The quantitative estimate of drug-likeness (QED) is 0.533. The number of nitrogens with one attached hydrogen (secondary N) is 1. The normalized spacial score (nSPS) is 11.1. The van der Waals surface area contributed by atoms with Gasteiger partial charge in [0.05, 0.1) is 15.7 Å². The van der Waals surface area contributed by atoms with E-state index in [-0.39, 0.29) is 11.2 Å². The van der Waals surface area contributed by atoms with Gasteiger partial charge in [-0.1, -0.05) is 13.8 Å². The van der Waals surface area contributed by atoms with Gasteiger partial charge < -0.3 is 14.8 Å². The maximum absolute atomic E-state index is 12.9. The molecule has 0 fully saturated rings. The summed E-state index contributed by atoms with van der Waals surface area (Å²) in [6, 6.07) is 6.84. The number of H-pyrrole nitrogens is 1. The second-order valence-electron chi connectivity index (χ2n) is 6.64. The highest BCUT2D eigenvalue weighted by Gasteiger charge is 2.20. The number of aliphatic carboxylic acids is 1. The van der Waals surface area contributed by atoms with Crippen LogP contribution >= 0.6 is 15.9 Å². The number of aryl methyl sites for hydroxylation is 1. The minimum Gasteiger partial charge on any atom is -0.482 e. The topological polar surface area (TPSA) is 106 Å². The maximum atomic E-state index is 12.9. The van der Waals surface area contributed by atoms with Crippen LogP contribution in [0.2, 0.25) is 0 Å². The molecule has 0 saturated heterocycles. The molecule has 29 heavy (non-hydrogen) atoms. The van der Waals surface area contributed by atoms with E-state index < -0.39 is 12.6 Å². The van der Waals surface area contributed by atoms with Gasteiger partial charge in [-0.2, -0.15) is 0 Å². The minimum absolute atomic E-state index is 0.310. The predicted octanol–water partition coefficient (Wildman–Crippen LogP) is 3.20. The lowest BCUT2D eigenvalue weighted by molar-refractivity contribution is -0.139. The van der Waals surface area contributed by atoms with Gasteiger partial charge in [-0.05, 0) is 58.6 Å². The number of carboxylic acid groups (broad SMARTS) is 1. The number of carbonyl (C=O) groups is 1. The smallest absolute Gasteiger partial charge is 0.341 e. The van der Waals surface area contributed by atoms with Gasteiger partial charge in [0.1, 0.15) is 11.3 Å². The Balaban J connectivity index is 2.15. The van der Waals surface area contributed by atoms with Crippen molar-refractivity contribution in [1.82, 2.24) is 14.1 Å². The largest absolute Gasteiger partial charge is 0.482 e. The van der Waals surface area contributed by atoms with E-state index in [2.05, 4.69) is 20.9 Å². The lowest BCUT2D eigenvalue weighted by Crippen LogP contribution is -2.40. The molecule has 0 saturated carbocycles. The molecule has 0 unspecified atom stereocenters. The van der Waals surface area contributed by atoms with Crippen molar-refractivity contribution in [3.8, 4) is 17.0 Å². The third kappa shape index (κ3) is 4.00. The Morgan fingerprint density at radius 3 is 2.31 bits per heavy atom. The lowest BCUT2D eigenvalue weighted by Gasteiger charge is -2.11. The molecule has 2 aromatic heterocycles. The lowest BCUT2D eigenvalue weighted by atomic mass is 10.1. The molecule has 3 rings (SSSR count). The van der Waals surface area contributed by atoms with Crippen molar-refractivity contribution >= 4 is 32.9 Å². The number of benzene rings is 1. The highest BCUT2D eigenvalue weighted by Crippen LogP contribution is 2.34. The molecular weight excluding hydrogens is 442 g/mol. The van der Waals surface area contributed by atoms with E-state index in [1.807, 2.05) is 13.8 Å². The molecule has 1 aromatic carbocycles. The van der Waals surface area contributed by atoms with Gasteiger partial charge in [0.25, 0.3) is 5.56 Å². The Bertz CT molecular complexity index is 1160. The van der Waals surface area contributed by atoms with Crippen LogP contribution in [0, 0.1) is 0 Å². The summed E-state index contributed by atoms with van der Waals surface area (Å²) in [6.45, 7) is 4.33. The van der Waals surface area contributed by atoms with Gasteiger partial charge in [0.15, 0.2) is 6.61 Å². The van der Waals surface area contributed by atoms with E-state index in [0.717, 1.165) is 12.0 Å². The molecule has 0 atom stereocenters. The molecule has 0 bridgehead atoms. The van der Waals surface area contributed by atoms with Crippen LogP contribution in [0.5, 0.6) is 5.75 Å². The zero-order valence-electron chi connectivity index (χ0n) is 16.2. The van der Waals surface area contributed by atoms with E-state index in [0.29, 0.717) is 46.5 Å². The number of nitrogens with zero attached hydrogens (tertiary/aromatic N) is 2. The number of hydrogen-bond acceptors (Lipinski definition) is 4. The number of rotatable bonds is 8. The molecule has 9 heteroatoms. The molecule has 0 aliphatic carbocycles. The molecule has 0 spiro atoms. The Morgan fingerprint density at radius 2 is 1.72 bits per heavy atom. The van der Waals surface area contributed by atoms with Gasteiger partial charge in [-0.15, -0.1) is 0 Å². The molecule has 0 amide bonds. The first-order valence-electron chi connectivity index (χ1n) is 9.38. The summed E-state index contributed by atoms with van der Waals surface area (Å²) in [4.78, 5) is 39.6. The van der Waals surface area contributed by atoms with Crippen LogP contribution in [0.25, 0.3) is 22.3 Å². The van der Waals surface area contributed by atoms with Crippen LogP contribution in [0.15, 0.2) is 38.3 Å². The van der Waals surface area contributed by atoms with Crippen LogP contribution in [-0.4, -0.2) is 31.8 Å². The van der Waals surface area contributed by atoms with Gasteiger partial charge in [0, 0.05) is 13.1 Å². The number of carboxylic acids is 1. The van der Waals surface area contributed by atoms with Crippen molar-refractivity contribution in [1.29, 1.82) is 0 Å². The van der Waals surface area contributed by atoms with E-state index in [1.54, 1.807) is 28.8 Å². The number of aromatic amines is 1. The molecular formula is C20H22BrN3O5. The first-order valence-corrected chi connectivity index (χ1v) is 10.2. The first-order chi connectivity index (χ1) is 13.9. The standard InChI is InChI=1S/C20H22BrN3O5/c1-3-9-23-18-15(21)16(12-5-7-13(8-6-12)29-11-14(25)26)22-17(18)19(27)24(10-4-2)20(23)28/h5-8,22H,3-4,9-11H2,1-2H3,(H,25,26). The summed E-state index contributed by atoms with van der Waals surface area (Å²) < 4.78 is 8.69. The van der Waals surface area contributed by atoms with Crippen molar-refractivity contribution in [2.24, 2.45) is 0 Å². The van der Waals surface area contributed by atoms with E-state index in [4.69, 9.17) is 9.84 Å². The van der Waals surface area contributed by atoms with Crippen molar-refractivity contribution < 1.29 is 14.6 Å². The number of ether oxygens (including phenoxy) is 1.